The molecule has 0 unspecified atom stereocenters. The zero-order valence-electron chi connectivity index (χ0n) is 12.0. The van der Waals surface area contributed by atoms with Gasteiger partial charge in [0.25, 0.3) is 0 Å². The molecule has 1 aliphatic carbocycles. The van der Waals surface area contributed by atoms with Gasteiger partial charge >= 0.3 is 6.03 Å². The Morgan fingerprint density at radius 3 is 2.47 bits per heavy atom. The number of urea groups is 1. The number of ether oxygens (including phenoxy) is 1. The lowest BCUT2D eigenvalue weighted by Gasteiger charge is -2.39. The summed E-state index contributed by atoms with van der Waals surface area (Å²) in [4.78, 5) is 16.7. The number of nitrogens with zero attached hydrogens (tertiary/aromatic N) is 2. The summed E-state index contributed by atoms with van der Waals surface area (Å²) < 4.78 is 5.32. The summed E-state index contributed by atoms with van der Waals surface area (Å²) in [7, 11) is 0. The van der Waals surface area contributed by atoms with Gasteiger partial charge in [0, 0.05) is 31.7 Å². The molecule has 0 atom stereocenters. The fourth-order valence-corrected chi connectivity index (χ4v) is 3.02. The van der Waals surface area contributed by atoms with Gasteiger partial charge in [0.1, 0.15) is 0 Å². The molecule has 5 nitrogen and oxygen atoms in total. The zero-order valence-corrected chi connectivity index (χ0v) is 12.0. The average molecular weight is 269 g/mol. The van der Waals surface area contributed by atoms with Crippen LogP contribution in [0, 0.1) is 0 Å². The summed E-state index contributed by atoms with van der Waals surface area (Å²) >= 11 is 0. The van der Waals surface area contributed by atoms with Gasteiger partial charge in [-0.3, -0.25) is 0 Å². The van der Waals surface area contributed by atoms with Gasteiger partial charge in [-0.05, 0) is 32.1 Å². The lowest BCUT2D eigenvalue weighted by molar-refractivity contribution is 0.0365. The maximum absolute atomic E-state index is 12.6. The molecule has 2 N–H and O–H groups in total. The molecule has 0 radical (unpaired) electrons. The standard InChI is InChI=1S/C14H27N3O2/c1-2-7-17(13-5-3-12(15)4-6-13)14(18)16-8-10-19-11-9-16/h12-13H,2-11,15H2,1H3. The van der Waals surface area contributed by atoms with Crippen LogP contribution in [0.2, 0.25) is 0 Å². The first-order valence-electron chi connectivity index (χ1n) is 7.61. The number of amides is 2. The van der Waals surface area contributed by atoms with Crippen molar-refractivity contribution in [1.29, 1.82) is 0 Å². The summed E-state index contributed by atoms with van der Waals surface area (Å²) in [6, 6.07) is 0.916. The van der Waals surface area contributed by atoms with Crippen molar-refractivity contribution < 1.29 is 9.53 Å². The lowest BCUT2D eigenvalue weighted by Crippen LogP contribution is -2.53. The Balaban J connectivity index is 1.95. The molecule has 0 aromatic carbocycles. The van der Waals surface area contributed by atoms with Crippen molar-refractivity contribution in [3.63, 3.8) is 0 Å². The minimum absolute atomic E-state index is 0.200. The summed E-state index contributed by atoms with van der Waals surface area (Å²) in [5, 5.41) is 0. The Kier molecular flexibility index (Phi) is 5.45. The predicted octanol–water partition coefficient (Wildman–Crippen LogP) is 1.42. The van der Waals surface area contributed by atoms with E-state index in [0.717, 1.165) is 51.7 Å². The van der Waals surface area contributed by atoms with Gasteiger partial charge in [-0.25, -0.2) is 4.79 Å². The molecule has 1 saturated heterocycles. The minimum atomic E-state index is 0.200. The molecule has 1 saturated carbocycles. The fraction of sp³-hybridized carbons (Fsp3) is 0.929. The highest BCUT2D eigenvalue weighted by Crippen LogP contribution is 2.23. The van der Waals surface area contributed by atoms with E-state index in [-0.39, 0.29) is 6.03 Å². The van der Waals surface area contributed by atoms with Gasteiger partial charge < -0.3 is 20.3 Å². The van der Waals surface area contributed by atoms with Gasteiger partial charge in [-0.15, -0.1) is 0 Å². The van der Waals surface area contributed by atoms with Crippen molar-refractivity contribution in [2.24, 2.45) is 5.73 Å². The third-order valence-electron chi connectivity index (χ3n) is 4.17. The Morgan fingerprint density at radius 1 is 1.26 bits per heavy atom. The molecule has 2 rings (SSSR count). The van der Waals surface area contributed by atoms with E-state index < -0.39 is 0 Å². The first-order valence-corrected chi connectivity index (χ1v) is 7.61. The van der Waals surface area contributed by atoms with Crippen LogP contribution in [0.25, 0.3) is 0 Å². The molecule has 1 aliphatic heterocycles. The van der Waals surface area contributed by atoms with Crippen molar-refractivity contribution >= 4 is 6.03 Å². The maximum Gasteiger partial charge on any atom is 0.320 e. The second kappa shape index (κ2) is 7.10. The fourth-order valence-electron chi connectivity index (χ4n) is 3.02. The predicted molar refractivity (Wildman–Crippen MR) is 75.0 cm³/mol. The SMILES string of the molecule is CCCN(C(=O)N1CCOCC1)C1CCC(N)CC1. The smallest absolute Gasteiger partial charge is 0.320 e. The van der Waals surface area contributed by atoms with Gasteiger partial charge in [0.05, 0.1) is 13.2 Å². The van der Waals surface area contributed by atoms with Crippen LogP contribution in [-0.2, 0) is 4.74 Å². The third-order valence-corrected chi connectivity index (χ3v) is 4.17. The van der Waals surface area contributed by atoms with E-state index in [1.807, 2.05) is 4.90 Å². The molecular weight excluding hydrogens is 242 g/mol. The second-order valence-corrected chi connectivity index (χ2v) is 5.64. The Hall–Kier alpha value is -0.810. The molecule has 19 heavy (non-hydrogen) atoms. The van der Waals surface area contributed by atoms with Crippen LogP contribution in [0.3, 0.4) is 0 Å². The normalized spacial score (nSPS) is 28.2. The topological polar surface area (TPSA) is 58.8 Å². The number of rotatable bonds is 3. The van der Waals surface area contributed by atoms with E-state index in [2.05, 4.69) is 11.8 Å². The molecular formula is C14H27N3O2. The van der Waals surface area contributed by atoms with Crippen LogP contribution in [0.5, 0.6) is 0 Å². The van der Waals surface area contributed by atoms with Crippen LogP contribution in [0.4, 0.5) is 4.79 Å². The van der Waals surface area contributed by atoms with E-state index in [1.165, 1.54) is 0 Å². The molecule has 110 valence electrons. The summed E-state index contributed by atoms with van der Waals surface area (Å²) in [6.45, 7) is 5.78. The summed E-state index contributed by atoms with van der Waals surface area (Å²) in [5.74, 6) is 0. The molecule has 1 heterocycles. The Bertz CT molecular complexity index is 284. The lowest BCUT2D eigenvalue weighted by atomic mass is 9.91. The van der Waals surface area contributed by atoms with E-state index >= 15 is 0 Å². The number of hydrogen-bond acceptors (Lipinski definition) is 3. The van der Waals surface area contributed by atoms with Crippen molar-refractivity contribution in [3.05, 3.63) is 0 Å². The highest BCUT2D eigenvalue weighted by molar-refractivity contribution is 5.75. The van der Waals surface area contributed by atoms with E-state index in [1.54, 1.807) is 0 Å². The second-order valence-electron chi connectivity index (χ2n) is 5.64. The summed E-state index contributed by atoms with van der Waals surface area (Å²) in [6.07, 6.45) is 5.20. The summed E-state index contributed by atoms with van der Waals surface area (Å²) in [5.41, 5.74) is 5.96. The third kappa shape index (κ3) is 3.83. The van der Waals surface area contributed by atoms with E-state index in [4.69, 9.17) is 10.5 Å². The monoisotopic (exact) mass is 269 g/mol. The largest absolute Gasteiger partial charge is 0.378 e. The zero-order chi connectivity index (χ0) is 13.7. The highest BCUT2D eigenvalue weighted by atomic mass is 16.5. The van der Waals surface area contributed by atoms with Crippen molar-refractivity contribution in [2.75, 3.05) is 32.8 Å². The van der Waals surface area contributed by atoms with Crippen LogP contribution < -0.4 is 5.73 Å². The highest BCUT2D eigenvalue weighted by Gasteiger charge is 2.30. The van der Waals surface area contributed by atoms with Gasteiger partial charge in [-0.2, -0.15) is 0 Å². The number of carbonyl (C=O) groups is 1. The quantitative estimate of drug-likeness (QED) is 0.843. The molecule has 0 aromatic heterocycles. The van der Waals surface area contributed by atoms with Crippen molar-refractivity contribution in [1.82, 2.24) is 9.80 Å². The van der Waals surface area contributed by atoms with Crippen molar-refractivity contribution in [2.45, 2.75) is 51.1 Å². The number of carbonyl (C=O) groups excluding carboxylic acids is 1. The van der Waals surface area contributed by atoms with Crippen LogP contribution in [0.1, 0.15) is 39.0 Å². The minimum Gasteiger partial charge on any atom is -0.378 e. The van der Waals surface area contributed by atoms with Crippen LogP contribution in [0.15, 0.2) is 0 Å². The van der Waals surface area contributed by atoms with Crippen LogP contribution >= 0.6 is 0 Å². The van der Waals surface area contributed by atoms with Gasteiger partial charge in [0.2, 0.25) is 0 Å². The van der Waals surface area contributed by atoms with E-state index in [0.29, 0.717) is 25.3 Å². The maximum atomic E-state index is 12.6. The molecule has 5 heteroatoms. The van der Waals surface area contributed by atoms with Gasteiger partial charge in [-0.1, -0.05) is 6.92 Å². The molecule has 0 spiro atoms. The Morgan fingerprint density at radius 2 is 1.89 bits per heavy atom. The first-order chi connectivity index (χ1) is 9.22. The number of morpholine rings is 1. The molecule has 2 amide bonds. The average Bonchev–Trinajstić information content (AvgIpc) is 2.46. The molecule has 2 fully saturated rings. The molecule has 2 aliphatic rings. The number of hydrogen-bond donors (Lipinski definition) is 1. The van der Waals surface area contributed by atoms with Gasteiger partial charge in [0.15, 0.2) is 0 Å². The number of nitrogens with two attached hydrogens (primary N) is 1. The molecule has 0 aromatic rings. The van der Waals surface area contributed by atoms with Crippen molar-refractivity contribution in [3.8, 4) is 0 Å². The first kappa shape index (κ1) is 14.6. The Labute approximate surface area is 116 Å². The van der Waals surface area contributed by atoms with E-state index in [9.17, 15) is 4.79 Å². The molecule has 0 bridgehead atoms. The van der Waals surface area contributed by atoms with Crippen LogP contribution in [-0.4, -0.2) is 60.8 Å².